The number of aromatic amines is 1. The minimum Gasteiger partial charge on any atom is -0.476 e. The smallest absolute Gasteiger partial charge is 0.355 e. The van der Waals surface area contributed by atoms with E-state index in [1.165, 1.54) is 17.9 Å². The van der Waals surface area contributed by atoms with Gasteiger partial charge in [0.2, 0.25) is 0 Å². The molecule has 0 spiro atoms. The maximum absolute atomic E-state index is 11.2. The highest BCUT2D eigenvalue weighted by atomic mass is 32.2. The Bertz CT molecular complexity index is 752. The van der Waals surface area contributed by atoms with Crippen molar-refractivity contribution in [3.8, 4) is 0 Å². The molecule has 9 heteroatoms. The zero-order valence-electron chi connectivity index (χ0n) is 9.65. The largest absolute Gasteiger partial charge is 0.476 e. The second-order valence-corrected chi connectivity index (χ2v) is 4.47. The Morgan fingerprint density at radius 3 is 2.89 bits per heavy atom. The van der Waals surface area contributed by atoms with Crippen LogP contribution in [-0.2, 0) is 7.05 Å². The normalized spacial score (nSPS) is 10.4. The summed E-state index contributed by atoms with van der Waals surface area (Å²) in [6.45, 7) is 0. The van der Waals surface area contributed by atoms with Gasteiger partial charge in [0.05, 0.1) is 0 Å². The summed E-state index contributed by atoms with van der Waals surface area (Å²) in [5.41, 5.74) is -1.91. The van der Waals surface area contributed by atoms with E-state index in [9.17, 15) is 14.4 Å². The van der Waals surface area contributed by atoms with Crippen LogP contribution in [0, 0.1) is 0 Å². The van der Waals surface area contributed by atoms with Crippen molar-refractivity contribution >= 4 is 17.7 Å². The summed E-state index contributed by atoms with van der Waals surface area (Å²) in [6.07, 6.45) is 1.35. The minimum absolute atomic E-state index is 0.145. The van der Waals surface area contributed by atoms with Crippen molar-refractivity contribution in [3.05, 3.63) is 44.7 Å². The number of rotatable bonds is 3. The minimum atomic E-state index is -1.18. The van der Waals surface area contributed by atoms with Crippen molar-refractivity contribution in [2.24, 2.45) is 7.05 Å². The van der Waals surface area contributed by atoms with Crippen LogP contribution in [0.1, 0.15) is 10.5 Å². The molecule has 0 unspecified atom stereocenters. The number of carboxylic acid groups (broad SMARTS) is 1. The van der Waals surface area contributed by atoms with E-state index in [0.717, 1.165) is 11.8 Å². The summed E-state index contributed by atoms with van der Waals surface area (Å²) in [6, 6.07) is 3.11. The zero-order valence-corrected chi connectivity index (χ0v) is 10.5. The van der Waals surface area contributed by atoms with Crippen LogP contribution in [0.25, 0.3) is 0 Å². The number of aromatic nitrogens is 4. The van der Waals surface area contributed by atoms with Crippen molar-refractivity contribution in [1.29, 1.82) is 0 Å². The van der Waals surface area contributed by atoms with E-state index in [2.05, 4.69) is 15.1 Å². The Morgan fingerprint density at radius 2 is 2.21 bits per heavy atom. The zero-order chi connectivity index (χ0) is 14.0. The van der Waals surface area contributed by atoms with Gasteiger partial charge in [-0.05, 0) is 23.9 Å². The number of nitrogens with zero attached hydrogens (tertiary/aromatic N) is 3. The highest BCUT2D eigenvalue weighted by Gasteiger charge is 2.14. The number of pyridine rings is 1. The van der Waals surface area contributed by atoms with Crippen molar-refractivity contribution in [1.82, 2.24) is 19.7 Å². The third-order valence-electron chi connectivity index (χ3n) is 2.12. The average molecular weight is 280 g/mol. The van der Waals surface area contributed by atoms with Crippen LogP contribution in [-0.4, -0.2) is 30.8 Å². The second kappa shape index (κ2) is 5.06. The van der Waals surface area contributed by atoms with Crippen molar-refractivity contribution < 1.29 is 9.90 Å². The summed E-state index contributed by atoms with van der Waals surface area (Å²) in [4.78, 5) is 40.9. The first-order chi connectivity index (χ1) is 8.99. The molecule has 2 rings (SSSR count). The molecule has 0 aliphatic rings. The molecule has 2 aromatic heterocycles. The van der Waals surface area contributed by atoms with Gasteiger partial charge in [0.15, 0.2) is 10.9 Å². The molecule has 8 nitrogen and oxygen atoms in total. The molecule has 0 aromatic carbocycles. The van der Waals surface area contributed by atoms with Crippen LogP contribution in [0.4, 0.5) is 0 Å². The third-order valence-corrected chi connectivity index (χ3v) is 3.22. The molecule has 0 atom stereocenters. The first kappa shape index (κ1) is 13.0. The monoisotopic (exact) mass is 280 g/mol. The fourth-order valence-electron chi connectivity index (χ4n) is 1.28. The first-order valence-corrected chi connectivity index (χ1v) is 5.84. The predicted molar refractivity (Wildman–Crippen MR) is 65.4 cm³/mol. The van der Waals surface area contributed by atoms with E-state index < -0.39 is 17.1 Å². The number of carboxylic acids is 1. The van der Waals surface area contributed by atoms with Crippen LogP contribution < -0.4 is 11.1 Å². The van der Waals surface area contributed by atoms with E-state index in [4.69, 9.17) is 5.11 Å². The number of aromatic carboxylic acids is 1. The molecule has 0 saturated heterocycles. The highest BCUT2D eigenvalue weighted by molar-refractivity contribution is 7.99. The standard InChI is InChI=1S/C10H8N4O4S/c1-14-10(12-7(15)8(16)13-14)19-5-3-2-4-11-6(5)9(17)18/h2-4H,1H3,(H,13,16)(H,17,18). The maximum atomic E-state index is 11.2. The lowest BCUT2D eigenvalue weighted by molar-refractivity contribution is 0.0686. The van der Waals surface area contributed by atoms with Crippen molar-refractivity contribution in [2.45, 2.75) is 10.1 Å². The highest BCUT2D eigenvalue weighted by Crippen LogP contribution is 2.26. The molecular weight excluding hydrogens is 272 g/mol. The maximum Gasteiger partial charge on any atom is 0.355 e. The number of aryl methyl sites for hydroxylation is 1. The Morgan fingerprint density at radius 1 is 1.47 bits per heavy atom. The van der Waals surface area contributed by atoms with Gasteiger partial charge in [-0.1, -0.05) is 0 Å². The summed E-state index contributed by atoms with van der Waals surface area (Å²) >= 11 is 0.930. The van der Waals surface area contributed by atoms with Crippen LogP contribution in [0.3, 0.4) is 0 Å². The Kier molecular flexibility index (Phi) is 3.47. The lowest BCUT2D eigenvalue weighted by Crippen LogP contribution is -2.33. The molecule has 2 heterocycles. The lowest BCUT2D eigenvalue weighted by Gasteiger charge is -2.07. The summed E-state index contributed by atoms with van der Waals surface area (Å²) < 4.78 is 1.24. The molecule has 0 aliphatic carbocycles. The van der Waals surface area contributed by atoms with Crippen molar-refractivity contribution in [2.75, 3.05) is 0 Å². The van der Waals surface area contributed by atoms with Gasteiger partial charge in [0.25, 0.3) is 0 Å². The Balaban J connectivity index is 2.48. The molecule has 0 saturated carbocycles. The fourth-order valence-corrected chi connectivity index (χ4v) is 2.17. The van der Waals surface area contributed by atoms with E-state index in [0.29, 0.717) is 4.90 Å². The van der Waals surface area contributed by atoms with Gasteiger partial charge >= 0.3 is 17.1 Å². The van der Waals surface area contributed by atoms with Crippen LogP contribution in [0.5, 0.6) is 0 Å². The number of nitrogens with one attached hydrogen (secondary N) is 1. The van der Waals surface area contributed by atoms with Gasteiger partial charge in [-0.25, -0.2) is 9.78 Å². The quantitative estimate of drug-likeness (QED) is 0.742. The van der Waals surface area contributed by atoms with Gasteiger partial charge < -0.3 is 5.11 Å². The summed E-state index contributed by atoms with van der Waals surface area (Å²) in [7, 11) is 1.49. The second-order valence-electron chi connectivity index (χ2n) is 3.46. The molecule has 0 radical (unpaired) electrons. The molecule has 0 bridgehead atoms. The van der Waals surface area contributed by atoms with Gasteiger partial charge in [0, 0.05) is 18.1 Å². The number of hydrogen-bond donors (Lipinski definition) is 2. The van der Waals surface area contributed by atoms with Crippen molar-refractivity contribution in [3.63, 3.8) is 0 Å². The Hall–Kier alpha value is -2.42. The van der Waals surface area contributed by atoms with Gasteiger partial charge in [0.1, 0.15) is 0 Å². The van der Waals surface area contributed by atoms with Gasteiger partial charge in [-0.2, -0.15) is 4.98 Å². The number of H-pyrrole nitrogens is 1. The summed E-state index contributed by atoms with van der Waals surface area (Å²) in [5.74, 6) is -1.18. The van der Waals surface area contributed by atoms with E-state index in [1.54, 1.807) is 12.1 Å². The van der Waals surface area contributed by atoms with E-state index in [1.807, 2.05) is 0 Å². The van der Waals surface area contributed by atoms with Crippen LogP contribution in [0.2, 0.25) is 0 Å². The fraction of sp³-hybridized carbons (Fsp3) is 0.100. The first-order valence-electron chi connectivity index (χ1n) is 5.02. The topological polar surface area (TPSA) is 118 Å². The molecule has 0 amide bonds. The SMILES string of the molecule is Cn1[nH]c(=O)c(=O)nc1Sc1cccnc1C(=O)O. The van der Waals surface area contributed by atoms with Gasteiger partial charge in [-0.3, -0.25) is 19.4 Å². The van der Waals surface area contributed by atoms with Crippen LogP contribution in [0.15, 0.2) is 38.0 Å². The van der Waals surface area contributed by atoms with Crippen LogP contribution >= 0.6 is 11.8 Å². The number of carbonyl (C=O) groups is 1. The lowest BCUT2D eigenvalue weighted by atomic mass is 10.3. The molecular formula is C10H8N4O4S. The Labute approximate surface area is 110 Å². The van der Waals surface area contributed by atoms with E-state index >= 15 is 0 Å². The van der Waals surface area contributed by atoms with Gasteiger partial charge in [-0.15, -0.1) is 0 Å². The molecule has 2 aromatic rings. The average Bonchev–Trinajstić information content (AvgIpc) is 2.36. The molecule has 0 fully saturated rings. The predicted octanol–water partition coefficient (Wildman–Crippen LogP) is -0.287. The molecule has 2 N–H and O–H groups in total. The molecule has 19 heavy (non-hydrogen) atoms. The molecule has 0 aliphatic heterocycles. The molecule has 98 valence electrons. The van der Waals surface area contributed by atoms with E-state index in [-0.39, 0.29) is 10.9 Å². The third kappa shape index (κ3) is 2.71. The summed E-state index contributed by atoms with van der Waals surface area (Å²) in [5, 5.41) is 11.4. The number of hydrogen-bond acceptors (Lipinski definition) is 6.